The van der Waals surface area contributed by atoms with Gasteiger partial charge in [-0.15, -0.1) is 0 Å². The highest BCUT2D eigenvalue weighted by Gasteiger charge is 2.17. The molecule has 0 atom stereocenters. The zero-order valence-electron chi connectivity index (χ0n) is 8.26. The van der Waals surface area contributed by atoms with Gasteiger partial charge in [0.05, 0.1) is 11.7 Å². The number of hydrogen-bond acceptors (Lipinski definition) is 2. The van der Waals surface area contributed by atoms with Crippen LogP contribution in [0.5, 0.6) is 0 Å². The van der Waals surface area contributed by atoms with Crippen molar-refractivity contribution in [1.82, 2.24) is 9.78 Å². The monoisotopic (exact) mass is 167 g/mol. The quantitative estimate of drug-likeness (QED) is 0.693. The van der Waals surface area contributed by atoms with Gasteiger partial charge in [0, 0.05) is 5.56 Å². The first-order chi connectivity index (χ1) is 5.46. The van der Waals surface area contributed by atoms with E-state index in [1.54, 1.807) is 0 Å². The van der Waals surface area contributed by atoms with Crippen LogP contribution in [0.4, 0.5) is 5.82 Å². The van der Waals surface area contributed by atoms with Crippen molar-refractivity contribution in [2.24, 2.45) is 0 Å². The lowest BCUT2D eigenvalue weighted by Gasteiger charge is -2.20. The van der Waals surface area contributed by atoms with E-state index in [9.17, 15) is 0 Å². The zero-order chi connectivity index (χ0) is 9.35. The Balaban J connectivity index is 3.11. The summed E-state index contributed by atoms with van der Waals surface area (Å²) in [5.74, 6) is 0.796. The Morgan fingerprint density at radius 2 is 2.08 bits per heavy atom. The van der Waals surface area contributed by atoms with Crippen LogP contribution in [0.25, 0.3) is 0 Å². The van der Waals surface area contributed by atoms with Crippen molar-refractivity contribution < 1.29 is 0 Å². The molecule has 0 aromatic carbocycles. The minimum absolute atomic E-state index is 0.0164. The summed E-state index contributed by atoms with van der Waals surface area (Å²) in [6, 6.07) is 0. The van der Waals surface area contributed by atoms with Crippen molar-refractivity contribution in [3.8, 4) is 0 Å². The molecule has 1 aromatic heterocycles. The van der Waals surface area contributed by atoms with Crippen LogP contribution in [-0.4, -0.2) is 9.78 Å². The summed E-state index contributed by atoms with van der Waals surface area (Å²) in [5, 5.41) is 4.25. The minimum atomic E-state index is -0.0164. The first-order valence-corrected chi connectivity index (χ1v) is 4.29. The first-order valence-electron chi connectivity index (χ1n) is 4.29. The lowest BCUT2D eigenvalue weighted by Crippen LogP contribution is -2.24. The average molecular weight is 167 g/mol. The summed E-state index contributed by atoms with van der Waals surface area (Å²) in [6.45, 7) is 8.36. The van der Waals surface area contributed by atoms with Crippen molar-refractivity contribution >= 4 is 5.82 Å². The molecule has 0 saturated carbocycles. The van der Waals surface area contributed by atoms with Crippen LogP contribution in [0.3, 0.4) is 0 Å². The topological polar surface area (TPSA) is 43.8 Å². The van der Waals surface area contributed by atoms with Gasteiger partial charge in [0.1, 0.15) is 5.82 Å². The average Bonchev–Trinajstić information content (AvgIpc) is 2.29. The molecule has 0 aliphatic rings. The maximum atomic E-state index is 5.90. The van der Waals surface area contributed by atoms with Crippen LogP contribution in [0, 0.1) is 0 Å². The van der Waals surface area contributed by atoms with E-state index in [0.717, 1.165) is 17.8 Å². The van der Waals surface area contributed by atoms with Gasteiger partial charge in [0.2, 0.25) is 0 Å². The van der Waals surface area contributed by atoms with Crippen LogP contribution in [-0.2, 0) is 12.0 Å². The maximum absolute atomic E-state index is 5.90. The Morgan fingerprint density at radius 1 is 1.50 bits per heavy atom. The molecule has 0 unspecified atom stereocenters. The Bertz CT molecular complexity index is 268. The number of hydrogen-bond donors (Lipinski definition) is 1. The Kier molecular flexibility index (Phi) is 2.13. The molecule has 68 valence electrons. The van der Waals surface area contributed by atoms with Crippen LogP contribution >= 0.6 is 0 Å². The lowest BCUT2D eigenvalue weighted by molar-refractivity contribution is 0.361. The molecule has 3 nitrogen and oxygen atoms in total. The largest absolute Gasteiger partial charge is 0.384 e. The molecule has 0 saturated heterocycles. The molecule has 1 aromatic rings. The Labute approximate surface area is 73.6 Å². The fraction of sp³-hybridized carbons (Fsp3) is 0.667. The van der Waals surface area contributed by atoms with Gasteiger partial charge < -0.3 is 5.73 Å². The molecule has 3 heteroatoms. The summed E-state index contributed by atoms with van der Waals surface area (Å²) in [6.07, 6.45) is 2.79. The van der Waals surface area contributed by atoms with E-state index in [1.165, 1.54) is 0 Å². The molecule has 0 spiro atoms. The number of aryl methyl sites for hydroxylation is 1. The summed E-state index contributed by atoms with van der Waals surface area (Å²) in [5.41, 5.74) is 7.01. The second kappa shape index (κ2) is 2.81. The highest BCUT2D eigenvalue weighted by atomic mass is 15.3. The predicted molar refractivity (Wildman–Crippen MR) is 51.0 cm³/mol. The van der Waals surface area contributed by atoms with E-state index >= 15 is 0 Å². The Hall–Kier alpha value is -0.990. The highest BCUT2D eigenvalue weighted by molar-refractivity contribution is 5.39. The molecule has 12 heavy (non-hydrogen) atoms. The second-order valence-electron chi connectivity index (χ2n) is 3.99. The van der Waals surface area contributed by atoms with E-state index in [2.05, 4.69) is 32.8 Å². The highest BCUT2D eigenvalue weighted by Crippen LogP contribution is 2.20. The maximum Gasteiger partial charge on any atom is 0.125 e. The van der Waals surface area contributed by atoms with Gasteiger partial charge in [0.25, 0.3) is 0 Å². The first kappa shape index (κ1) is 9.10. The van der Waals surface area contributed by atoms with Crippen LogP contribution < -0.4 is 5.73 Å². The van der Waals surface area contributed by atoms with Gasteiger partial charge in [-0.25, -0.2) is 4.68 Å². The molecular formula is C9H17N3. The van der Waals surface area contributed by atoms with Gasteiger partial charge >= 0.3 is 0 Å². The SMILES string of the molecule is CCc1cnn(C(C)(C)C)c1N. The molecule has 0 radical (unpaired) electrons. The summed E-state index contributed by atoms with van der Waals surface area (Å²) >= 11 is 0. The molecule has 2 N–H and O–H groups in total. The Morgan fingerprint density at radius 3 is 2.33 bits per heavy atom. The molecule has 0 amide bonds. The van der Waals surface area contributed by atoms with Crippen molar-refractivity contribution in [3.05, 3.63) is 11.8 Å². The van der Waals surface area contributed by atoms with Crippen molar-refractivity contribution in [2.45, 2.75) is 39.7 Å². The van der Waals surface area contributed by atoms with Gasteiger partial charge in [0.15, 0.2) is 0 Å². The van der Waals surface area contributed by atoms with Crippen molar-refractivity contribution in [3.63, 3.8) is 0 Å². The van der Waals surface area contributed by atoms with E-state index in [0.29, 0.717) is 0 Å². The van der Waals surface area contributed by atoms with Crippen LogP contribution in [0.2, 0.25) is 0 Å². The third-order valence-corrected chi connectivity index (χ3v) is 1.90. The zero-order valence-corrected chi connectivity index (χ0v) is 8.26. The number of nitrogen functional groups attached to an aromatic ring is 1. The van der Waals surface area contributed by atoms with E-state index < -0.39 is 0 Å². The molecular weight excluding hydrogens is 150 g/mol. The van der Waals surface area contributed by atoms with Crippen molar-refractivity contribution in [2.75, 3.05) is 5.73 Å². The smallest absolute Gasteiger partial charge is 0.125 e. The number of aromatic nitrogens is 2. The standard InChI is InChI=1S/C9H17N3/c1-5-7-6-11-12(8(7)10)9(2,3)4/h6H,5,10H2,1-4H3. The lowest BCUT2D eigenvalue weighted by atomic mass is 10.1. The van der Waals surface area contributed by atoms with E-state index in [-0.39, 0.29) is 5.54 Å². The van der Waals surface area contributed by atoms with E-state index in [1.807, 2.05) is 10.9 Å². The van der Waals surface area contributed by atoms with Gasteiger partial charge in [-0.1, -0.05) is 6.92 Å². The third-order valence-electron chi connectivity index (χ3n) is 1.90. The number of rotatable bonds is 1. The summed E-state index contributed by atoms with van der Waals surface area (Å²) in [4.78, 5) is 0. The number of nitrogens with zero attached hydrogens (tertiary/aromatic N) is 2. The molecule has 0 aliphatic heterocycles. The molecule has 1 rings (SSSR count). The van der Waals surface area contributed by atoms with E-state index in [4.69, 9.17) is 5.73 Å². The van der Waals surface area contributed by atoms with Gasteiger partial charge in [-0.3, -0.25) is 0 Å². The van der Waals surface area contributed by atoms with Crippen molar-refractivity contribution in [1.29, 1.82) is 0 Å². The third kappa shape index (κ3) is 1.44. The fourth-order valence-corrected chi connectivity index (χ4v) is 1.20. The molecule has 0 bridgehead atoms. The molecule has 0 fully saturated rings. The minimum Gasteiger partial charge on any atom is -0.384 e. The van der Waals surface area contributed by atoms with Crippen LogP contribution in [0.15, 0.2) is 6.20 Å². The van der Waals surface area contributed by atoms with Gasteiger partial charge in [-0.05, 0) is 27.2 Å². The molecule has 1 heterocycles. The summed E-state index contributed by atoms with van der Waals surface area (Å²) in [7, 11) is 0. The second-order valence-corrected chi connectivity index (χ2v) is 3.99. The predicted octanol–water partition coefficient (Wildman–Crippen LogP) is 1.78. The molecule has 0 aliphatic carbocycles. The van der Waals surface area contributed by atoms with Gasteiger partial charge in [-0.2, -0.15) is 5.10 Å². The number of anilines is 1. The fourth-order valence-electron chi connectivity index (χ4n) is 1.20. The summed E-state index contributed by atoms with van der Waals surface area (Å²) < 4.78 is 1.87. The van der Waals surface area contributed by atoms with Crippen LogP contribution in [0.1, 0.15) is 33.3 Å². The number of nitrogens with two attached hydrogens (primary N) is 1. The normalized spacial score (nSPS) is 12.0.